The van der Waals surface area contributed by atoms with Crippen LogP contribution in [0.5, 0.6) is 0 Å². The largest absolute Gasteiger partial charge is 0.369 e. The van der Waals surface area contributed by atoms with Gasteiger partial charge < -0.3 is 10.2 Å². The van der Waals surface area contributed by atoms with Gasteiger partial charge >= 0.3 is 0 Å². The maximum Gasteiger partial charge on any atom is 0.238 e. The molecule has 1 amide bonds. The van der Waals surface area contributed by atoms with Gasteiger partial charge in [-0.3, -0.25) is 9.69 Å². The second-order valence-corrected chi connectivity index (χ2v) is 6.09. The number of nitrogens with zero attached hydrogens (tertiary/aromatic N) is 2. The minimum absolute atomic E-state index is 0.000396. The van der Waals surface area contributed by atoms with Crippen molar-refractivity contribution < 1.29 is 4.79 Å². The van der Waals surface area contributed by atoms with Gasteiger partial charge in [0.1, 0.15) is 0 Å². The van der Waals surface area contributed by atoms with Gasteiger partial charge in [-0.25, -0.2) is 0 Å². The van der Waals surface area contributed by atoms with Gasteiger partial charge in [-0.15, -0.1) is 0 Å². The molecule has 2 aromatic carbocycles. The number of hydrogen-bond acceptors (Lipinski definition) is 3. The predicted molar refractivity (Wildman–Crippen MR) is 95.2 cm³/mol. The Labute approximate surface area is 141 Å². The monoisotopic (exact) mass is 329 g/mol. The van der Waals surface area contributed by atoms with Crippen molar-refractivity contribution in [1.29, 1.82) is 0 Å². The van der Waals surface area contributed by atoms with Gasteiger partial charge in [0.05, 0.1) is 6.54 Å². The first-order valence-corrected chi connectivity index (χ1v) is 8.16. The first-order valence-electron chi connectivity index (χ1n) is 7.78. The lowest BCUT2D eigenvalue weighted by Gasteiger charge is -2.35. The summed E-state index contributed by atoms with van der Waals surface area (Å²) in [5.74, 6) is 0.000396. The summed E-state index contributed by atoms with van der Waals surface area (Å²) in [5.41, 5.74) is 1.99. The maximum absolute atomic E-state index is 12.1. The Balaban J connectivity index is 1.48. The topological polar surface area (TPSA) is 35.6 Å². The third-order valence-electron chi connectivity index (χ3n) is 3.97. The fourth-order valence-electron chi connectivity index (χ4n) is 2.77. The summed E-state index contributed by atoms with van der Waals surface area (Å²) >= 11 is 5.93. The normalized spacial score (nSPS) is 15.4. The predicted octanol–water partition coefficient (Wildman–Crippen LogP) is 3.10. The van der Waals surface area contributed by atoms with E-state index in [1.807, 2.05) is 18.2 Å². The van der Waals surface area contributed by atoms with Crippen LogP contribution in [0, 0.1) is 0 Å². The fourth-order valence-corrected chi connectivity index (χ4v) is 2.96. The van der Waals surface area contributed by atoms with Gasteiger partial charge in [-0.05, 0) is 30.3 Å². The van der Waals surface area contributed by atoms with Crippen LogP contribution in [0.2, 0.25) is 5.02 Å². The minimum Gasteiger partial charge on any atom is -0.369 e. The molecule has 1 N–H and O–H groups in total. The molecule has 2 aromatic rings. The highest BCUT2D eigenvalue weighted by Gasteiger charge is 2.19. The van der Waals surface area contributed by atoms with E-state index in [9.17, 15) is 4.79 Å². The molecule has 1 aliphatic heterocycles. The SMILES string of the molecule is O=C(CN1CCN(c2ccccc2)CC1)Nc1cccc(Cl)c1. The van der Waals surface area contributed by atoms with Crippen molar-refractivity contribution in [3.8, 4) is 0 Å². The van der Waals surface area contributed by atoms with Crippen LogP contribution in [-0.2, 0) is 4.79 Å². The molecule has 1 fully saturated rings. The number of rotatable bonds is 4. The quantitative estimate of drug-likeness (QED) is 0.936. The van der Waals surface area contributed by atoms with E-state index < -0.39 is 0 Å². The van der Waals surface area contributed by atoms with Gasteiger partial charge in [0.25, 0.3) is 0 Å². The van der Waals surface area contributed by atoms with E-state index >= 15 is 0 Å². The van der Waals surface area contributed by atoms with Crippen LogP contribution in [-0.4, -0.2) is 43.5 Å². The second-order valence-electron chi connectivity index (χ2n) is 5.66. The second kappa shape index (κ2) is 7.49. The number of carbonyl (C=O) groups excluding carboxylic acids is 1. The lowest BCUT2D eigenvalue weighted by atomic mass is 10.2. The third kappa shape index (κ3) is 4.47. The van der Waals surface area contributed by atoms with E-state index in [0.717, 1.165) is 31.9 Å². The molecule has 0 bridgehead atoms. The van der Waals surface area contributed by atoms with Crippen molar-refractivity contribution in [2.24, 2.45) is 0 Å². The van der Waals surface area contributed by atoms with Crippen LogP contribution < -0.4 is 10.2 Å². The van der Waals surface area contributed by atoms with Crippen molar-refractivity contribution >= 4 is 28.9 Å². The summed E-state index contributed by atoms with van der Waals surface area (Å²) in [4.78, 5) is 16.7. The Morgan fingerprint density at radius 1 is 1.00 bits per heavy atom. The minimum atomic E-state index is 0.000396. The molecule has 0 spiro atoms. The zero-order valence-corrected chi connectivity index (χ0v) is 13.7. The summed E-state index contributed by atoms with van der Waals surface area (Å²) in [6.07, 6.45) is 0. The number of hydrogen-bond donors (Lipinski definition) is 1. The first-order chi connectivity index (χ1) is 11.2. The van der Waals surface area contributed by atoms with E-state index in [-0.39, 0.29) is 5.91 Å². The Morgan fingerprint density at radius 2 is 1.74 bits per heavy atom. The Kier molecular flexibility index (Phi) is 5.16. The molecule has 120 valence electrons. The van der Waals surface area contributed by atoms with E-state index in [1.54, 1.807) is 12.1 Å². The summed E-state index contributed by atoms with van der Waals surface area (Å²) < 4.78 is 0. The van der Waals surface area contributed by atoms with Crippen LogP contribution in [0.15, 0.2) is 54.6 Å². The zero-order valence-electron chi connectivity index (χ0n) is 12.9. The number of halogens is 1. The highest BCUT2D eigenvalue weighted by molar-refractivity contribution is 6.30. The lowest BCUT2D eigenvalue weighted by Crippen LogP contribution is -2.48. The number of anilines is 2. The number of piperazine rings is 1. The molecule has 23 heavy (non-hydrogen) atoms. The number of nitrogens with one attached hydrogen (secondary N) is 1. The van der Waals surface area contributed by atoms with Gasteiger partial charge in [0, 0.05) is 42.6 Å². The Morgan fingerprint density at radius 3 is 2.43 bits per heavy atom. The standard InChI is InChI=1S/C18H20ClN3O/c19-15-5-4-6-16(13-15)20-18(23)14-21-9-11-22(12-10-21)17-7-2-1-3-8-17/h1-8,13H,9-12,14H2,(H,20,23). The average molecular weight is 330 g/mol. The van der Waals surface area contributed by atoms with E-state index in [2.05, 4.69) is 39.4 Å². The highest BCUT2D eigenvalue weighted by Crippen LogP contribution is 2.16. The maximum atomic E-state index is 12.1. The summed E-state index contributed by atoms with van der Waals surface area (Å²) in [7, 11) is 0. The molecule has 1 saturated heterocycles. The third-order valence-corrected chi connectivity index (χ3v) is 4.20. The molecule has 1 aliphatic rings. The molecule has 3 rings (SSSR count). The van der Waals surface area contributed by atoms with E-state index in [4.69, 9.17) is 11.6 Å². The van der Waals surface area contributed by atoms with Crippen molar-refractivity contribution in [1.82, 2.24) is 4.90 Å². The smallest absolute Gasteiger partial charge is 0.238 e. The zero-order chi connectivity index (χ0) is 16.1. The van der Waals surface area contributed by atoms with Crippen LogP contribution in [0.3, 0.4) is 0 Å². The number of para-hydroxylation sites is 1. The summed E-state index contributed by atoms with van der Waals surface area (Å²) in [5, 5.41) is 3.52. The molecular formula is C18H20ClN3O. The van der Waals surface area contributed by atoms with Gasteiger partial charge in [0.15, 0.2) is 0 Å². The molecule has 1 heterocycles. The molecule has 0 saturated carbocycles. The molecule has 5 heteroatoms. The molecule has 4 nitrogen and oxygen atoms in total. The van der Waals surface area contributed by atoms with E-state index in [1.165, 1.54) is 5.69 Å². The molecule has 0 unspecified atom stereocenters. The number of carbonyl (C=O) groups is 1. The van der Waals surface area contributed by atoms with Crippen molar-refractivity contribution in [3.05, 3.63) is 59.6 Å². The van der Waals surface area contributed by atoms with Crippen LogP contribution >= 0.6 is 11.6 Å². The van der Waals surface area contributed by atoms with Gasteiger partial charge in [-0.2, -0.15) is 0 Å². The molecule has 0 aliphatic carbocycles. The van der Waals surface area contributed by atoms with Crippen LogP contribution in [0.4, 0.5) is 11.4 Å². The lowest BCUT2D eigenvalue weighted by molar-refractivity contribution is -0.117. The number of amides is 1. The molecular weight excluding hydrogens is 310 g/mol. The highest BCUT2D eigenvalue weighted by atomic mass is 35.5. The average Bonchev–Trinajstić information content (AvgIpc) is 2.56. The van der Waals surface area contributed by atoms with Crippen LogP contribution in [0.25, 0.3) is 0 Å². The van der Waals surface area contributed by atoms with Crippen molar-refractivity contribution in [2.45, 2.75) is 0 Å². The van der Waals surface area contributed by atoms with Gasteiger partial charge in [-0.1, -0.05) is 35.9 Å². The Hall–Kier alpha value is -2.04. The first kappa shape index (κ1) is 15.8. The van der Waals surface area contributed by atoms with Gasteiger partial charge in [0.2, 0.25) is 5.91 Å². The Bertz CT molecular complexity index is 654. The van der Waals surface area contributed by atoms with Crippen molar-refractivity contribution in [2.75, 3.05) is 42.9 Å². The summed E-state index contributed by atoms with van der Waals surface area (Å²) in [6.45, 7) is 4.06. The summed E-state index contributed by atoms with van der Waals surface area (Å²) in [6, 6.07) is 17.6. The molecule has 0 aromatic heterocycles. The van der Waals surface area contributed by atoms with Crippen molar-refractivity contribution in [3.63, 3.8) is 0 Å². The molecule has 0 radical (unpaired) electrons. The number of benzene rings is 2. The fraction of sp³-hybridized carbons (Fsp3) is 0.278. The van der Waals surface area contributed by atoms with Crippen LogP contribution in [0.1, 0.15) is 0 Å². The van der Waals surface area contributed by atoms with E-state index in [0.29, 0.717) is 11.6 Å². The molecule has 0 atom stereocenters.